The van der Waals surface area contributed by atoms with Crippen LogP contribution in [0, 0.1) is 6.92 Å². The Balaban J connectivity index is 1.40. The van der Waals surface area contributed by atoms with Gasteiger partial charge in [-0.1, -0.05) is 0 Å². The first-order chi connectivity index (χ1) is 13.0. The fraction of sp³-hybridized carbons (Fsp3) is 0.316. The summed E-state index contributed by atoms with van der Waals surface area (Å²) in [6.07, 6.45) is 3.75. The number of aryl methyl sites for hydroxylation is 1. The Bertz CT molecular complexity index is 987. The van der Waals surface area contributed by atoms with Gasteiger partial charge in [0.05, 0.1) is 30.0 Å². The number of nitrogens with one attached hydrogen (secondary N) is 1. The number of amides is 2. The second-order valence-corrected chi connectivity index (χ2v) is 7.41. The van der Waals surface area contributed by atoms with Crippen molar-refractivity contribution in [3.63, 3.8) is 0 Å². The van der Waals surface area contributed by atoms with Crippen LogP contribution < -0.4 is 5.32 Å². The lowest BCUT2D eigenvalue weighted by Crippen LogP contribution is -2.41. The van der Waals surface area contributed by atoms with E-state index in [0.29, 0.717) is 28.7 Å². The molecule has 4 rings (SSSR count). The second-order valence-electron chi connectivity index (χ2n) is 6.55. The largest absolute Gasteiger partial charge is 0.469 e. The topological polar surface area (TPSA) is 80.4 Å². The van der Waals surface area contributed by atoms with Gasteiger partial charge >= 0.3 is 0 Å². The van der Waals surface area contributed by atoms with Crippen molar-refractivity contribution in [3.05, 3.63) is 58.8 Å². The van der Waals surface area contributed by atoms with Crippen LogP contribution in [0.5, 0.6) is 0 Å². The molecule has 0 radical (unpaired) electrons. The minimum Gasteiger partial charge on any atom is -0.469 e. The van der Waals surface area contributed by atoms with Gasteiger partial charge in [0.25, 0.3) is 5.91 Å². The molecule has 0 bridgehead atoms. The van der Waals surface area contributed by atoms with Crippen molar-refractivity contribution >= 4 is 28.3 Å². The van der Waals surface area contributed by atoms with Crippen molar-refractivity contribution in [2.75, 3.05) is 11.9 Å². The summed E-state index contributed by atoms with van der Waals surface area (Å²) >= 11 is 1.31. The average molecular weight is 384 g/mol. The molecule has 2 amide bonds. The van der Waals surface area contributed by atoms with Crippen LogP contribution >= 0.6 is 11.3 Å². The molecule has 0 aliphatic carbocycles. The molecule has 1 aliphatic heterocycles. The summed E-state index contributed by atoms with van der Waals surface area (Å²) in [4.78, 5) is 31.3. The number of anilines is 1. The zero-order chi connectivity index (χ0) is 19.0. The number of furan rings is 1. The summed E-state index contributed by atoms with van der Waals surface area (Å²) in [5, 5.41) is 5.05. The Labute approximate surface area is 160 Å². The van der Waals surface area contributed by atoms with Crippen molar-refractivity contribution in [1.29, 1.82) is 0 Å². The van der Waals surface area contributed by atoms with Crippen molar-refractivity contribution < 1.29 is 14.0 Å². The highest BCUT2D eigenvalue weighted by Crippen LogP contribution is 2.26. The Morgan fingerprint density at radius 2 is 2.22 bits per heavy atom. The number of thiazole rings is 1. The van der Waals surface area contributed by atoms with Gasteiger partial charge in [-0.15, -0.1) is 11.3 Å². The maximum atomic E-state index is 12.8. The summed E-state index contributed by atoms with van der Waals surface area (Å²) in [6.45, 7) is 5.27. The Hall–Kier alpha value is -2.87. The molecule has 0 spiro atoms. The van der Waals surface area contributed by atoms with Crippen LogP contribution in [0.3, 0.4) is 0 Å². The van der Waals surface area contributed by atoms with Crippen LogP contribution in [0.4, 0.5) is 5.13 Å². The van der Waals surface area contributed by atoms with Gasteiger partial charge in [-0.2, -0.15) is 0 Å². The fourth-order valence-corrected chi connectivity index (χ4v) is 4.11. The van der Waals surface area contributed by atoms with Crippen LogP contribution in [-0.2, 0) is 17.8 Å². The molecular formula is C19H20N4O3S. The third kappa shape index (κ3) is 3.40. The number of carbonyl (C=O) groups excluding carboxylic acids is 2. The Kier molecular flexibility index (Phi) is 4.57. The number of aromatic nitrogens is 2. The van der Waals surface area contributed by atoms with Crippen LogP contribution in [-0.4, -0.2) is 32.8 Å². The molecule has 7 nitrogen and oxygen atoms in total. The highest BCUT2D eigenvalue weighted by atomic mass is 32.1. The SMILES string of the molecule is Cc1occc1C(=O)Nc1nc(CC(=O)N2CCn3cccc3C2C)cs1. The van der Waals surface area contributed by atoms with E-state index in [4.69, 9.17) is 4.42 Å². The molecule has 8 heteroatoms. The molecule has 0 saturated heterocycles. The third-order valence-electron chi connectivity index (χ3n) is 4.87. The quantitative estimate of drug-likeness (QED) is 0.749. The average Bonchev–Trinajstić information content (AvgIpc) is 3.36. The van der Waals surface area contributed by atoms with Gasteiger partial charge in [-0.3, -0.25) is 14.9 Å². The smallest absolute Gasteiger partial charge is 0.260 e. The molecule has 1 atom stereocenters. The van der Waals surface area contributed by atoms with Gasteiger partial charge < -0.3 is 13.9 Å². The van der Waals surface area contributed by atoms with E-state index in [1.54, 1.807) is 13.0 Å². The molecule has 140 valence electrons. The first-order valence-corrected chi connectivity index (χ1v) is 9.65. The van der Waals surface area contributed by atoms with Crippen molar-refractivity contribution in [3.8, 4) is 0 Å². The van der Waals surface area contributed by atoms with Crippen molar-refractivity contribution in [2.24, 2.45) is 0 Å². The van der Waals surface area contributed by atoms with Gasteiger partial charge in [0.15, 0.2) is 5.13 Å². The lowest BCUT2D eigenvalue weighted by atomic mass is 10.1. The van der Waals surface area contributed by atoms with Gasteiger partial charge in [-0.05, 0) is 32.0 Å². The van der Waals surface area contributed by atoms with Gasteiger partial charge in [-0.25, -0.2) is 4.98 Å². The maximum Gasteiger partial charge on any atom is 0.260 e. The number of nitrogens with zero attached hydrogens (tertiary/aromatic N) is 3. The molecule has 1 N–H and O–H groups in total. The number of hydrogen-bond acceptors (Lipinski definition) is 5. The van der Waals surface area contributed by atoms with Crippen molar-refractivity contribution in [1.82, 2.24) is 14.5 Å². The summed E-state index contributed by atoms with van der Waals surface area (Å²) in [7, 11) is 0. The lowest BCUT2D eigenvalue weighted by molar-refractivity contribution is -0.133. The van der Waals surface area contributed by atoms with E-state index in [1.165, 1.54) is 17.6 Å². The van der Waals surface area contributed by atoms with E-state index in [1.807, 2.05) is 29.5 Å². The van der Waals surface area contributed by atoms with E-state index in [9.17, 15) is 9.59 Å². The first kappa shape index (κ1) is 17.5. The highest BCUT2D eigenvalue weighted by Gasteiger charge is 2.27. The monoisotopic (exact) mass is 384 g/mol. The highest BCUT2D eigenvalue weighted by molar-refractivity contribution is 7.14. The fourth-order valence-electron chi connectivity index (χ4n) is 3.41. The number of carbonyl (C=O) groups is 2. The van der Waals surface area contributed by atoms with Crippen LogP contribution in [0.1, 0.15) is 40.5 Å². The number of fused-ring (bicyclic) bond motifs is 1. The van der Waals surface area contributed by atoms with Crippen LogP contribution in [0.25, 0.3) is 0 Å². The van der Waals surface area contributed by atoms with Crippen molar-refractivity contribution in [2.45, 2.75) is 32.9 Å². The van der Waals surface area contributed by atoms with Crippen LogP contribution in [0.15, 0.2) is 40.5 Å². The lowest BCUT2D eigenvalue weighted by Gasteiger charge is -2.34. The molecule has 0 fully saturated rings. The number of rotatable bonds is 4. The summed E-state index contributed by atoms with van der Waals surface area (Å²) in [6, 6.07) is 5.73. The minimum atomic E-state index is -0.265. The Morgan fingerprint density at radius 3 is 3.00 bits per heavy atom. The number of hydrogen-bond donors (Lipinski definition) is 1. The molecule has 0 saturated carbocycles. The minimum absolute atomic E-state index is 0.0446. The molecule has 27 heavy (non-hydrogen) atoms. The second kappa shape index (κ2) is 7.03. The van der Waals surface area contributed by atoms with E-state index in [-0.39, 0.29) is 24.3 Å². The molecule has 3 aromatic rings. The van der Waals surface area contributed by atoms with E-state index in [0.717, 1.165) is 12.2 Å². The zero-order valence-corrected chi connectivity index (χ0v) is 16.0. The maximum absolute atomic E-state index is 12.8. The Morgan fingerprint density at radius 1 is 1.37 bits per heavy atom. The predicted molar refractivity (Wildman–Crippen MR) is 102 cm³/mol. The van der Waals surface area contributed by atoms with E-state index < -0.39 is 0 Å². The van der Waals surface area contributed by atoms with Gasteiger partial charge in [0, 0.05) is 30.4 Å². The molecule has 1 aliphatic rings. The van der Waals surface area contributed by atoms with E-state index in [2.05, 4.69) is 20.9 Å². The predicted octanol–water partition coefficient (Wildman–Crippen LogP) is 3.24. The van der Waals surface area contributed by atoms with Gasteiger partial charge in [0.1, 0.15) is 5.76 Å². The van der Waals surface area contributed by atoms with E-state index >= 15 is 0 Å². The summed E-state index contributed by atoms with van der Waals surface area (Å²) in [5.74, 6) is 0.339. The molecule has 1 unspecified atom stereocenters. The van der Waals surface area contributed by atoms with Crippen LogP contribution in [0.2, 0.25) is 0 Å². The standard InChI is InChI=1S/C19H20N4O3S/c1-12-16-4-3-6-22(16)7-8-23(12)17(24)10-14-11-27-19(20-14)21-18(25)15-5-9-26-13(15)2/h3-6,9,11-12H,7-8,10H2,1-2H3,(H,20,21,25). The zero-order valence-electron chi connectivity index (χ0n) is 15.1. The normalized spacial score (nSPS) is 16.2. The van der Waals surface area contributed by atoms with Gasteiger partial charge in [0.2, 0.25) is 5.91 Å². The summed E-state index contributed by atoms with van der Waals surface area (Å²) < 4.78 is 7.33. The molecule has 3 aromatic heterocycles. The first-order valence-electron chi connectivity index (χ1n) is 8.77. The third-order valence-corrected chi connectivity index (χ3v) is 5.68. The summed E-state index contributed by atoms with van der Waals surface area (Å²) in [5.41, 5.74) is 2.29. The molecule has 4 heterocycles. The molecular weight excluding hydrogens is 364 g/mol. The molecule has 0 aromatic carbocycles.